The largest absolute Gasteiger partial charge is 0.481 e. The van der Waals surface area contributed by atoms with Gasteiger partial charge in [-0.1, -0.05) is 0 Å². The van der Waals surface area contributed by atoms with Crippen LogP contribution < -0.4 is 10.5 Å². The zero-order valence-corrected chi connectivity index (χ0v) is 10.1. The van der Waals surface area contributed by atoms with Crippen molar-refractivity contribution in [2.24, 2.45) is 7.05 Å². The van der Waals surface area contributed by atoms with Gasteiger partial charge in [-0.25, -0.2) is 4.98 Å². The van der Waals surface area contributed by atoms with Crippen molar-refractivity contribution < 1.29 is 14.6 Å². The first-order valence-corrected chi connectivity index (χ1v) is 5.68. The van der Waals surface area contributed by atoms with Crippen LogP contribution in [0.15, 0.2) is 17.2 Å². The Kier molecular flexibility index (Phi) is 3.61. The molecule has 98 valence electrons. The molecule has 1 aliphatic heterocycles. The predicted molar refractivity (Wildman–Crippen MR) is 63.7 cm³/mol. The summed E-state index contributed by atoms with van der Waals surface area (Å²) >= 11 is 0. The van der Waals surface area contributed by atoms with E-state index in [-0.39, 0.29) is 12.0 Å². The molecule has 0 aliphatic carbocycles. The molecule has 1 aromatic heterocycles. The van der Waals surface area contributed by atoms with Crippen molar-refractivity contribution in [2.75, 3.05) is 24.6 Å². The van der Waals surface area contributed by atoms with Crippen LogP contribution in [0.4, 0.5) is 5.82 Å². The topological polar surface area (TPSA) is 84.7 Å². The van der Waals surface area contributed by atoms with Crippen molar-refractivity contribution in [2.45, 2.75) is 12.5 Å². The van der Waals surface area contributed by atoms with Crippen molar-refractivity contribution in [3.63, 3.8) is 0 Å². The number of carboxylic acids is 1. The summed E-state index contributed by atoms with van der Waals surface area (Å²) in [6, 6.07) is 0. The second kappa shape index (κ2) is 5.18. The average Bonchev–Trinajstić information content (AvgIpc) is 2.32. The van der Waals surface area contributed by atoms with Crippen molar-refractivity contribution in [3.05, 3.63) is 22.7 Å². The van der Waals surface area contributed by atoms with Crippen molar-refractivity contribution in [1.82, 2.24) is 9.55 Å². The van der Waals surface area contributed by atoms with E-state index >= 15 is 0 Å². The second-order valence-electron chi connectivity index (χ2n) is 4.20. The Morgan fingerprint density at radius 2 is 2.44 bits per heavy atom. The van der Waals surface area contributed by atoms with Crippen LogP contribution in [-0.2, 0) is 16.6 Å². The number of ether oxygens (including phenoxy) is 1. The van der Waals surface area contributed by atoms with Crippen LogP contribution in [0, 0.1) is 0 Å². The molecule has 0 amide bonds. The maximum absolute atomic E-state index is 11.9. The zero-order valence-electron chi connectivity index (χ0n) is 10.1. The van der Waals surface area contributed by atoms with E-state index in [1.54, 1.807) is 24.3 Å². The highest BCUT2D eigenvalue weighted by molar-refractivity contribution is 5.67. The van der Waals surface area contributed by atoms with Crippen molar-refractivity contribution >= 4 is 11.8 Å². The van der Waals surface area contributed by atoms with Gasteiger partial charge in [0.2, 0.25) is 0 Å². The Morgan fingerprint density at radius 1 is 1.67 bits per heavy atom. The van der Waals surface area contributed by atoms with Crippen molar-refractivity contribution in [1.29, 1.82) is 0 Å². The summed E-state index contributed by atoms with van der Waals surface area (Å²) in [7, 11) is 1.66. The average molecular weight is 253 g/mol. The van der Waals surface area contributed by atoms with E-state index in [0.717, 1.165) is 0 Å². The lowest BCUT2D eigenvalue weighted by molar-refractivity contribution is -0.140. The Bertz CT molecular complexity index is 499. The summed E-state index contributed by atoms with van der Waals surface area (Å²) in [6.07, 6.45) is 2.67. The fourth-order valence-electron chi connectivity index (χ4n) is 1.93. The van der Waals surface area contributed by atoms with Crippen LogP contribution in [0.5, 0.6) is 0 Å². The number of aromatic nitrogens is 2. The molecule has 0 bridgehead atoms. The number of nitrogens with zero attached hydrogens (tertiary/aromatic N) is 3. The van der Waals surface area contributed by atoms with E-state index in [0.29, 0.717) is 25.5 Å². The zero-order chi connectivity index (χ0) is 13.1. The molecule has 7 heteroatoms. The van der Waals surface area contributed by atoms with E-state index in [9.17, 15) is 9.59 Å². The van der Waals surface area contributed by atoms with Gasteiger partial charge in [0.1, 0.15) is 0 Å². The van der Waals surface area contributed by atoms with E-state index in [2.05, 4.69) is 4.98 Å². The van der Waals surface area contributed by atoms with Gasteiger partial charge < -0.3 is 19.3 Å². The van der Waals surface area contributed by atoms with Crippen LogP contribution in [-0.4, -0.2) is 46.4 Å². The molecule has 0 saturated carbocycles. The number of rotatable bonds is 3. The summed E-state index contributed by atoms with van der Waals surface area (Å²) in [4.78, 5) is 28.4. The number of aliphatic carboxylic acids is 1. The van der Waals surface area contributed by atoms with E-state index in [1.807, 2.05) is 0 Å². The summed E-state index contributed by atoms with van der Waals surface area (Å²) in [5.41, 5.74) is -0.187. The maximum Gasteiger partial charge on any atom is 0.306 e. The lowest BCUT2D eigenvalue weighted by atomic mass is 10.2. The molecule has 1 saturated heterocycles. The maximum atomic E-state index is 11.9. The normalized spacial score (nSPS) is 19.8. The third kappa shape index (κ3) is 2.67. The van der Waals surface area contributed by atoms with Crippen LogP contribution in [0.3, 0.4) is 0 Å². The highest BCUT2D eigenvalue weighted by Crippen LogP contribution is 2.13. The van der Waals surface area contributed by atoms with Gasteiger partial charge in [0, 0.05) is 32.5 Å². The Labute approximate surface area is 104 Å². The van der Waals surface area contributed by atoms with Gasteiger partial charge >= 0.3 is 5.97 Å². The molecule has 0 spiro atoms. The minimum atomic E-state index is -0.907. The molecule has 1 N–H and O–H groups in total. The molecule has 1 aliphatic rings. The molecule has 2 rings (SSSR count). The molecule has 2 heterocycles. The fourth-order valence-corrected chi connectivity index (χ4v) is 1.93. The summed E-state index contributed by atoms with van der Waals surface area (Å²) in [6.45, 7) is 1.32. The lowest BCUT2D eigenvalue weighted by Gasteiger charge is -2.32. The van der Waals surface area contributed by atoms with Gasteiger partial charge in [0.15, 0.2) is 5.82 Å². The van der Waals surface area contributed by atoms with Gasteiger partial charge in [0.25, 0.3) is 5.56 Å². The summed E-state index contributed by atoms with van der Waals surface area (Å²) in [5.74, 6) is -0.561. The molecule has 7 nitrogen and oxygen atoms in total. The standard InChI is InChI=1S/C11H15N3O4/c1-13-3-2-12-10(11(13)17)14-4-5-18-8(7-14)6-9(15)16/h2-3,8H,4-7H2,1H3,(H,15,16). The third-order valence-electron chi connectivity index (χ3n) is 2.84. The highest BCUT2D eigenvalue weighted by Gasteiger charge is 2.25. The van der Waals surface area contributed by atoms with E-state index in [1.165, 1.54) is 4.57 Å². The molecule has 0 radical (unpaired) electrons. The smallest absolute Gasteiger partial charge is 0.306 e. The number of carboxylic acid groups (broad SMARTS) is 1. The third-order valence-corrected chi connectivity index (χ3v) is 2.84. The monoisotopic (exact) mass is 253 g/mol. The van der Waals surface area contributed by atoms with Gasteiger partial charge in [-0.15, -0.1) is 0 Å². The number of morpholine rings is 1. The SMILES string of the molecule is Cn1ccnc(N2CCOC(CC(=O)O)C2)c1=O. The quantitative estimate of drug-likeness (QED) is 0.778. The summed E-state index contributed by atoms with van der Waals surface area (Å²) in [5, 5.41) is 8.74. The first kappa shape index (κ1) is 12.6. The van der Waals surface area contributed by atoms with Crippen LogP contribution in [0.1, 0.15) is 6.42 Å². The number of carbonyl (C=O) groups is 1. The first-order valence-electron chi connectivity index (χ1n) is 5.68. The first-order chi connectivity index (χ1) is 8.58. The Hall–Kier alpha value is -1.89. The van der Waals surface area contributed by atoms with Crippen LogP contribution in [0.25, 0.3) is 0 Å². The molecule has 1 fully saturated rings. The molecule has 1 atom stereocenters. The highest BCUT2D eigenvalue weighted by atomic mass is 16.5. The Balaban J connectivity index is 2.16. The minimum absolute atomic E-state index is 0.0658. The van der Waals surface area contributed by atoms with Gasteiger partial charge in [-0.2, -0.15) is 0 Å². The molecular formula is C11H15N3O4. The molecule has 1 aromatic rings. The summed E-state index contributed by atoms with van der Waals surface area (Å²) < 4.78 is 6.80. The molecule has 1 unspecified atom stereocenters. The van der Waals surface area contributed by atoms with Gasteiger partial charge in [-0.05, 0) is 0 Å². The van der Waals surface area contributed by atoms with E-state index < -0.39 is 12.1 Å². The molecule has 18 heavy (non-hydrogen) atoms. The fraction of sp³-hybridized carbons (Fsp3) is 0.545. The number of aryl methyl sites for hydroxylation is 1. The lowest BCUT2D eigenvalue weighted by Crippen LogP contribution is -2.46. The number of hydrogen-bond donors (Lipinski definition) is 1. The van der Waals surface area contributed by atoms with Crippen molar-refractivity contribution in [3.8, 4) is 0 Å². The number of hydrogen-bond acceptors (Lipinski definition) is 5. The molecular weight excluding hydrogens is 238 g/mol. The Morgan fingerprint density at radius 3 is 3.17 bits per heavy atom. The van der Waals surface area contributed by atoms with E-state index in [4.69, 9.17) is 9.84 Å². The van der Waals surface area contributed by atoms with Crippen LogP contribution in [0.2, 0.25) is 0 Å². The van der Waals surface area contributed by atoms with Crippen LogP contribution >= 0.6 is 0 Å². The van der Waals surface area contributed by atoms with Gasteiger partial charge in [0.05, 0.1) is 19.1 Å². The minimum Gasteiger partial charge on any atom is -0.481 e. The second-order valence-corrected chi connectivity index (χ2v) is 4.20. The number of anilines is 1. The predicted octanol–water partition coefficient (Wildman–Crippen LogP) is -0.540. The van der Waals surface area contributed by atoms with Gasteiger partial charge in [-0.3, -0.25) is 9.59 Å². The molecule has 0 aromatic carbocycles.